The van der Waals surface area contributed by atoms with E-state index in [1.54, 1.807) is 95.2 Å². The van der Waals surface area contributed by atoms with Gasteiger partial charge in [-0.1, -0.05) is 77.0 Å². The summed E-state index contributed by atoms with van der Waals surface area (Å²) in [5.74, 6) is 11.3. The van der Waals surface area contributed by atoms with E-state index >= 15 is 0 Å². The molecule has 0 unspecified atom stereocenters. The molecule has 0 amide bonds. The maximum Gasteiger partial charge on any atom is 0.417 e. The molecule has 2 aromatic rings. The third-order valence-corrected chi connectivity index (χ3v) is 6.98. The second-order valence-electron chi connectivity index (χ2n) is 14.4. The Bertz CT molecular complexity index is 1300. The summed E-state index contributed by atoms with van der Waals surface area (Å²) in [6.45, 7) is 21.5. The van der Waals surface area contributed by atoms with E-state index in [9.17, 15) is 26.3 Å². The number of alkyl halides is 6. The molecule has 0 atom stereocenters. The third-order valence-electron chi connectivity index (χ3n) is 5.89. The summed E-state index contributed by atoms with van der Waals surface area (Å²) in [7, 11) is 0. The summed E-state index contributed by atoms with van der Waals surface area (Å²) >= 11 is 0.858. The van der Waals surface area contributed by atoms with Crippen LogP contribution in [0.2, 0.25) is 0 Å². The number of benzene rings is 2. The molecule has 0 saturated heterocycles. The number of rotatable bonds is 2. The molecule has 0 spiro atoms. The summed E-state index contributed by atoms with van der Waals surface area (Å²) < 4.78 is 86.9. The summed E-state index contributed by atoms with van der Waals surface area (Å²) in [5, 5.41) is 0. The highest BCUT2D eigenvalue weighted by molar-refractivity contribution is 7.99. The molecule has 0 fully saturated rings. The predicted octanol–water partition coefficient (Wildman–Crippen LogP) is 11.3. The maximum atomic E-state index is 14.5. The van der Waals surface area contributed by atoms with Crippen molar-refractivity contribution in [3.63, 3.8) is 0 Å². The van der Waals surface area contributed by atoms with Crippen LogP contribution in [0.1, 0.15) is 116 Å². The standard InChI is InChI=1S/C34H40F6S/c1-29(2,3)15-13-23-25(33(35,36)37)17-21(31(7,8)9)19-27(23)41-28-20-22(32(10,11)12)18-26(34(38,39)40)24(28)14-16-30(4,5)6/h17-20H,1-12H3. The highest BCUT2D eigenvalue weighted by Gasteiger charge is 2.38. The van der Waals surface area contributed by atoms with Gasteiger partial charge in [-0.15, -0.1) is 0 Å². The van der Waals surface area contributed by atoms with Crippen molar-refractivity contribution in [2.45, 2.75) is 116 Å². The lowest BCUT2D eigenvalue weighted by Crippen LogP contribution is -2.17. The summed E-state index contributed by atoms with van der Waals surface area (Å²) in [6.07, 6.45) is -9.45. The molecule has 0 aliphatic carbocycles. The predicted molar refractivity (Wildman–Crippen MR) is 157 cm³/mol. The van der Waals surface area contributed by atoms with Crippen LogP contribution in [-0.4, -0.2) is 0 Å². The van der Waals surface area contributed by atoms with Gasteiger partial charge in [0.15, 0.2) is 0 Å². The highest BCUT2D eigenvalue weighted by Crippen LogP contribution is 2.46. The molecule has 0 saturated carbocycles. The fourth-order valence-corrected chi connectivity index (χ4v) is 4.72. The fourth-order valence-electron chi connectivity index (χ4n) is 3.58. The van der Waals surface area contributed by atoms with Crippen LogP contribution >= 0.6 is 11.8 Å². The molecular formula is C34H40F6S. The first-order chi connectivity index (χ1) is 18.1. The maximum absolute atomic E-state index is 14.5. The lowest BCUT2D eigenvalue weighted by Gasteiger charge is -2.25. The van der Waals surface area contributed by atoms with Gasteiger partial charge in [-0.3, -0.25) is 0 Å². The Hall–Kier alpha value is -2.51. The van der Waals surface area contributed by atoms with Crippen molar-refractivity contribution in [2.24, 2.45) is 10.8 Å². The molecule has 0 aromatic heterocycles. The van der Waals surface area contributed by atoms with Gasteiger partial charge in [0.2, 0.25) is 0 Å². The Labute approximate surface area is 246 Å². The van der Waals surface area contributed by atoms with Crippen LogP contribution in [0.4, 0.5) is 26.3 Å². The zero-order chi connectivity index (χ0) is 32.0. The lowest BCUT2D eigenvalue weighted by molar-refractivity contribution is -0.138. The summed E-state index contributed by atoms with van der Waals surface area (Å²) in [5.41, 5.74) is -4.06. The molecule has 0 nitrogen and oxygen atoms in total. The van der Waals surface area contributed by atoms with E-state index in [0.29, 0.717) is 11.1 Å². The first-order valence-electron chi connectivity index (χ1n) is 13.4. The number of halogens is 6. The van der Waals surface area contributed by atoms with Gasteiger partial charge in [-0.2, -0.15) is 26.3 Å². The van der Waals surface area contributed by atoms with Crippen LogP contribution < -0.4 is 0 Å². The zero-order valence-corrected chi connectivity index (χ0v) is 26.8. The SMILES string of the molecule is CC(C)(C)C#Cc1c(Sc2cc(C(C)(C)C)cc(C(F)(F)F)c2C#CC(C)(C)C)cc(C(C)(C)C)cc1C(F)(F)F. The first kappa shape index (κ1) is 34.7. The smallest absolute Gasteiger partial charge is 0.166 e. The molecule has 224 valence electrons. The molecule has 0 radical (unpaired) electrons. The Morgan fingerprint density at radius 3 is 1.00 bits per heavy atom. The Morgan fingerprint density at radius 1 is 0.488 bits per heavy atom. The van der Waals surface area contributed by atoms with Crippen LogP contribution in [0.25, 0.3) is 0 Å². The highest BCUT2D eigenvalue weighted by atomic mass is 32.2. The molecule has 0 aliphatic rings. The topological polar surface area (TPSA) is 0 Å². The van der Waals surface area contributed by atoms with E-state index in [1.807, 2.05) is 0 Å². The van der Waals surface area contributed by atoms with Gasteiger partial charge in [0.05, 0.1) is 22.3 Å². The minimum absolute atomic E-state index is 0.138. The lowest BCUT2D eigenvalue weighted by atomic mass is 9.84. The molecule has 7 heteroatoms. The molecule has 0 aliphatic heterocycles. The average molecular weight is 595 g/mol. The van der Waals surface area contributed by atoms with Crippen LogP contribution in [-0.2, 0) is 23.2 Å². The summed E-state index contributed by atoms with van der Waals surface area (Å²) in [6, 6.07) is 5.43. The van der Waals surface area contributed by atoms with Crippen molar-refractivity contribution in [1.82, 2.24) is 0 Å². The van der Waals surface area contributed by atoms with Crippen LogP contribution in [0.3, 0.4) is 0 Å². The minimum Gasteiger partial charge on any atom is -0.166 e. The fraction of sp³-hybridized carbons (Fsp3) is 0.529. The van der Waals surface area contributed by atoms with Crippen molar-refractivity contribution in [3.05, 3.63) is 57.6 Å². The molecule has 0 heterocycles. The second-order valence-corrected chi connectivity index (χ2v) is 15.5. The van der Waals surface area contributed by atoms with Gasteiger partial charge in [0.1, 0.15) is 0 Å². The van der Waals surface area contributed by atoms with E-state index in [2.05, 4.69) is 23.7 Å². The van der Waals surface area contributed by atoms with Gasteiger partial charge in [-0.05, 0) is 87.8 Å². The van der Waals surface area contributed by atoms with Gasteiger partial charge < -0.3 is 0 Å². The quantitative estimate of drug-likeness (QED) is 0.246. The van der Waals surface area contributed by atoms with E-state index in [4.69, 9.17) is 0 Å². The van der Waals surface area contributed by atoms with E-state index in [0.717, 1.165) is 23.9 Å². The molecular weight excluding hydrogens is 554 g/mol. The van der Waals surface area contributed by atoms with Gasteiger partial charge in [0, 0.05) is 20.6 Å². The second kappa shape index (κ2) is 11.3. The number of hydrogen-bond donors (Lipinski definition) is 0. The van der Waals surface area contributed by atoms with Crippen molar-refractivity contribution in [3.8, 4) is 23.7 Å². The summed E-state index contributed by atoms with van der Waals surface area (Å²) in [4.78, 5) is 0.277. The third kappa shape index (κ3) is 9.78. The van der Waals surface area contributed by atoms with Crippen LogP contribution in [0, 0.1) is 34.5 Å². The Morgan fingerprint density at radius 2 is 0.780 bits per heavy atom. The molecule has 0 bridgehead atoms. The zero-order valence-electron chi connectivity index (χ0n) is 26.0. The van der Waals surface area contributed by atoms with E-state index in [1.165, 1.54) is 0 Å². The van der Waals surface area contributed by atoms with E-state index < -0.39 is 45.1 Å². The average Bonchev–Trinajstić information content (AvgIpc) is 2.72. The van der Waals surface area contributed by atoms with Gasteiger partial charge in [0.25, 0.3) is 0 Å². The Kier molecular flexibility index (Phi) is 9.55. The molecule has 2 rings (SSSR count). The van der Waals surface area contributed by atoms with Crippen molar-refractivity contribution >= 4 is 11.8 Å². The van der Waals surface area contributed by atoms with Crippen molar-refractivity contribution in [1.29, 1.82) is 0 Å². The molecule has 41 heavy (non-hydrogen) atoms. The minimum atomic E-state index is -4.72. The first-order valence-corrected chi connectivity index (χ1v) is 14.2. The van der Waals surface area contributed by atoms with Crippen LogP contribution in [0.5, 0.6) is 0 Å². The van der Waals surface area contributed by atoms with Gasteiger partial charge >= 0.3 is 12.4 Å². The van der Waals surface area contributed by atoms with Gasteiger partial charge in [-0.25, -0.2) is 0 Å². The number of hydrogen-bond acceptors (Lipinski definition) is 1. The van der Waals surface area contributed by atoms with Crippen LogP contribution in [0.15, 0.2) is 34.1 Å². The molecule has 2 aromatic carbocycles. The van der Waals surface area contributed by atoms with E-state index in [-0.39, 0.29) is 20.9 Å². The largest absolute Gasteiger partial charge is 0.417 e. The van der Waals surface area contributed by atoms with Crippen molar-refractivity contribution < 1.29 is 26.3 Å². The monoisotopic (exact) mass is 594 g/mol. The van der Waals surface area contributed by atoms with Crippen molar-refractivity contribution in [2.75, 3.05) is 0 Å². The molecule has 0 N–H and O–H groups in total. The normalized spacial score (nSPS) is 13.3. The Balaban J connectivity index is 3.15.